The summed E-state index contributed by atoms with van der Waals surface area (Å²) >= 11 is 0. The maximum atomic E-state index is 12.2. The molecular weight excluding hydrogens is 266 g/mol. The molecule has 0 radical (unpaired) electrons. The highest BCUT2D eigenvalue weighted by atomic mass is 16.2. The molecule has 2 aromatic rings. The van der Waals surface area contributed by atoms with E-state index in [1.165, 1.54) is 0 Å². The molecule has 2 heterocycles. The number of hydrogen-bond acceptors (Lipinski definition) is 2. The lowest BCUT2D eigenvalue weighted by atomic mass is 10.1. The summed E-state index contributed by atoms with van der Waals surface area (Å²) in [6.45, 7) is 0.506. The molecule has 5 nitrogen and oxygen atoms in total. The summed E-state index contributed by atoms with van der Waals surface area (Å²) < 4.78 is 1.98. The fourth-order valence-corrected chi connectivity index (χ4v) is 2.42. The maximum absolute atomic E-state index is 12.2. The van der Waals surface area contributed by atoms with Crippen LogP contribution in [0.25, 0.3) is 5.69 Å². The quantitative estimate of drug-likeness (QED) is 0.896. The van der Waals surface area contributed by atoms with Gasteiger partial charge in [0.15, 0.2) is 0 Å². The minimum Gasteiger partial charge on any atom is -0.354 e. The van der Waals surface area contributed by atoms with Gasteiger partial charge in [-0.05, 0) is 42.8 Å². The SMILES string of the molecule is O=C1CCC(NC(=O)c2ccc(-n3cccc3)cc2)CN1. The molecule has 108 valence electrons. The van der Waals surface area contributed by atoms with Gasteiger partial charge in [0.1, 0.15) is 0 Å². The predicted molar refractivity (Wildman–Crippen MR) is 79.3 cm³/mol. The Morgan fingerprint density at radius 3 is 2.52 bits per heavy atom. The highest BCUT2D eigenvalue weighted by Gasteiger charge is 2.20. The molecule has 1 unspecified atom stereocenters. The number of nitrogens with one attached hydrogen (secondary N) is 2. The summed E-state index contributed by atoms with van der Waals surface area (Å²) in [5.74, 6) is -0.0493. The van der Waals surface area contributed by atoms with Gasteiger partial charge in [-0.25, -0.2) is 0 Å². The van der Waals surface area contributed by atoms with Gasteiger partial charge in [0.2, 0.25) is 5.91 Å². The van der Waals surface area contributed by atoms with Crippen LogP contribution >= 0.6 is 0 Å². The Balaban J connectivity index is 1.64. The molecule has 0 bridgehead atoms. The minimum atomic E-state index is -0.102. The number of rotatable bonds is 3. The van der Waals surface area contributed by atoms with Crippen LogP contribution in [0.1, 0.15) is 23.2 Å². The number of aromatic nitrogens is 1. The first kappa shape index (κ1) is 13.4. The molecule has 2 amide bonds. The molecule has 1 aromatic heterocycles. The van der Waals surface area contributed by atoms with Crippen LogP contribution in [0.15, 0.2) is 48.8 Å². The van der Waals surface area contributed by atoms with Crippen molar-refractivity contribution in [2.24, 2.45) is 0 Å². The van der Waals surface area contributed by atoms with E-state index in [2.05, 4.69) is 10.6 Å². The van der Waals surface area contributed by atoms with Crippen molar-refractivity contribution in [1.82, 2.24) is 15.2 Å². The third-order valence-electron chi connectivity index (χ3n) is 3.63. The van der Waals surface area contributed by atoms with Crippen LogP contribution in [0.4, 0.5) is 0 Å². The van der Waals surface area contributed by atoms with Gasteiger partial charge in [-0.3, -0.25) is 9.59 Å². The molecular formula is C16H17N3O2. The van der Waals surface area contributed by atoms with Crippen molar-refractivity contribution < 1.29 is 9.59 Å². The highest BCUT2D eigenvalue weighted by Crippen LogP contribution is 2.11. The standard InChI is InChI=1S/C16H17N3O2/c20-15-8-5-13(11-17-15)18-16(21)12-3-6-14(7-4-12)19-9-1-2-10-19/h1-4,6-7,9-10,13H,5,8,11H2,(H,17,20)(H,18,21). The topological polar surface area (TPSA) is 63.1 Å². The van der Waals surface area contributed by atoms with Crippen molar-refractivity contribution in [3.05, 3.63) is 54.4 Å². The van der Waals surface area contributed by atoms with Gasteiger partial charge in [0.05, 0.1) is 0 Å². The zero-order valence-electron chi connectivity index (χ0n) is 11.6. The van der Waals surface area contributed by atoms with Crippen molar-refractivity contribution in [3.63, 3.8) is 0 Å². The molecule has 1 saturated heterocycles. The molecule has 5 heteroatoms. The molecule has 1 aliphatic rings. The Labute approximate surface area is 123 Å². The molecule has 0 spiro atoms. The van der Waals surface area contributed by atoms with E-state index in [-0.39, 0.29) is 17.9 Å². The third-order valence-corrected chi connectivity index (χ3v) is 3.63. The molecule has 1 atom stereocenters. The minimum absolute atomic E-state index is 0.0133. The molecule has 3 rings (SSSR count). The Morgan fingerprint density at radius 2 is 1.90 bits per heavy atom. The lowest BCUT2D eigenvalue weighted by Crippen LogP contribution is -2.47. The van der Waals surface area contributed by atoms with E-state index in [4.69, 9.17) is 0 Å². The van der Waals surface area contributed by atoms with Gasteiger partial charge in [-0.2, -0.15) is 0 Å². The van der Waals surface area contributed by atoms with Crippen LogP contribution < -0.4 is 10.6 Å². The molecule has 1 aromatic carbocycles. The number of amides is 2. The number of carbonyl (C=O) groups excluding carboxylic acids is 2. The number of carbonyl (C=O) groups is 2. The summed E-state index contributed by atoms with van der Waals surface area (Å²) in [5.41, 5.74) is 1.64. The van der Waals surface area contributed by atoms with Gasteiger partial charge in [0, 0.05) is 42.7 Å². The highest BCUT2D eigenvalue weighted by molar-refractivity contribution is 5.94. The number of benzene rings is 1. The van der Waals surface area contributed by atoms with Gasteiger partial charge < -0.3 is 15.2 Å². The normalized spacial score (nSPS) is 18.1. The average molecular weight is 283 g/mol. The van der Waals surface area contributed by atoms with E-state index in [1.807, 2.05) is 53.4 Å². The molecule has 1 aliphatic heterocycles. The van der Waals surface area contributed by atoms with E-state index in [0.717, 1.165) is 5.69 Å². The summed E-state index contributed by atoms with van der Waals surface area (Å²) in [4.78, 5) is 23.2. The zero-order chi connectivity index (χ0) is 14.7. The Bertz CT molecular complexity index is 622. The average Bonchev–Trinajstić information content (AvgIpc) is 3.04. The zero-order valence-corrected chi connectivity index (χ0v) is 11.6. The van der Waals surface area contributed by atoms with Crippen LogP contribution in [0.3, 0.4) is 0 Å². The van der Waals surface area contributed by atoms with Crippen LogP contribution in [0.5, 0.6) is 0 Å². The lowest BCUT2D eigenvalue weighted by Gasteiger charge is -2.23. The Kier molecular flexibility index (Phi) is 3.73. The van der Waals surface area contributed by atoms with Crippen LogP contribution in [0.2, 0.25) is 0 Å². The summed E-state index contributed by atoms with van der Waals surface area (Å²) in [7, 11) is 0. The van der Waals surface area contributed by atoms with Crippen molar-refractivity contribution in [1.29, 1.82) is 0 Å². The Morgan fingerprint density at radius 1 is 1.19 bits per heavy atom. The monoisotopic (exact) mass is 283 g/mol. The van der Waals surface area contributed by atoms with Gasteiger partial charge >= 0.3 is 0 Å². The first-order valence-electron chi connectivity index (χ1n) is 7.03. The van der Waals surface area contributed by atoms with Gasteiger partial charge in [-0.1, -0.05) is 0 Å². The van der Waals surface area contributed by atoms with Gasteiger partial charge in [-0.15, -0.1) is 0 Å². The van der Waals surface area contributed by atoms with Crippen LogP contribution in [0, 0.1) is 0 Å². The summed E-state index contributed by atoms with van der Waals surface area (Å²) in [6.07, 6.45) is 5.08. The largest absolute Gasteiger partial charge is 0.354 e. The Hall–Kier alpha value is -2.56. The molecule has 21 heavy (non-hydrogen) atoms. The second-order valence-electron chi connectivity index (χ2n) is 5.15. The van der Waals surface area contributed by atoms with Crippen molar-refractivity contribution in [2.45, 2.75) is 18.9 Å². The lowest BCUT2D eigenvalue weighted by molar-refractivity contribution is -0.122. The second-order valence-corrected chi connectivity index (χ2v) is 5.15. The summed E-state index contributed by atoms with van der Waals surface area (Å²) in [5, 5.41) is 5.71. The molecule has 0 saturated carbocycles. The number of nitrogens with zero attached hydrogens (tertiary/aromatic N) is 1. The third kappa shape index (κ3) is 3.13. The maximum Gasteiger partial charge on any atom is 0.251 e. The number of hydrogen-bond donors (Lipinski definition) is 2. The van der Waals surface area contributed by atoms with Crippen molar-refractivity contribution >= 4 is 11.8 Å². The van der Waals surface area contributed by atoms with E-state index in [0.29, 0.717) is 24.9 Å². The first-order valence-corrected chi connectivity index (χ1v) is 7.03. The molecule has 1 fully saturated rings. The smallest absolute Gasteiger partial charge is 0.251 e. The number of piperidine rings is 1. The molecule has 0 aliphatic carbocycles. The first-order chi connectivity index (χ1) is 10.2. The van der Waals surface area contributed by atoms with E-state index in [9.17, 15) is 9.59 Å². The second kappa shape index (κ2) is 5.83. The fourth-order valence-electron chi connectivity index (χ4n) is 2.42. The van der Waals surface area contributed by atoms with Crippen LogP contribution in [-0.2, 0) is 4.79 Å². The van der Waals surface area contributed by atoms with E-state index >= 15 is 0 Å². The predicted octanol–water partition coefficient (Wildman–Crippen LogP) is 1.49. The van der Waals surface area contributed by atoms with Crippen molar-refractivity contribution in [2.75, 3.05) is 6.54 Å². The molecule has 2 N–H and O–H groups in total. The fraction of sp³-hybridized carbons (Fsp3) is 0.250. The van der Waals surface area contributed by atoms with E-state index in [1.54, 1.807) is 0 Å². The van der Waals surface area contributed by atoms with Crippen molar-refractivity contribution in [3.8, 4) is 5.69 Å². The summed E-state index contributed by atoms with van der Waals surface area (Å²) in [6, 6.07) is 11.4. The van der Waals surface area contributed by atoms with E-state index < -0.39 is 0 Å². The van der Waals surface area contributed by atoms with Gasteiger partial charge in [0.25, 0.3) is 5.91 Å². The van der Waals surface area contributed by atoms with Crippen LogP contribution in [-0.4, -0.2) is 29.0 Å².